The second kappa shape index (κ2) is 10.5. The van der Waals surface area contributed by atoms with Crippen LogP contribution < -0.4 is 15.5 Å². The second-order valence-corrected chi connectivity index (χ2v) is 9.33. The van der Waals surface area contributed by atoms with Crippen molar-refractivity contribution in [3.05, 3.63) is 89.2 Å². The van der Waals surface area contributed by atoms with Crippen LogP contribution in [0.2, 0.25) is 10.0 Å². The van der Waals surface area contributed by atoms with E-state index in [1.54, 1.807) is 18.5 Å². The number of likely N-dealkylation sites (N-methyl/N-ethyl adjacent to an activating group) is 1. The van der Waals surface area contributed by atoms with Crippen molar-refractivity contribution in [2.24, 2.45) is 0 Å². The van der Waals surface area contributed by atoms with Gasteiger partial charge in [-0.25, -0.2) is 9.97 Å². The van der Waals surface area contributed by atoms with Crippen molar-refractivity contribution < 1.29 is 0 Å². The Kier molecular flexibility index (Phi) is 7.04. The number of anilines is 5. The Balaban J connectivity index is 1.35. The lowest BCUT2D eigenvalue weighted by Crippen LogP contribution is -2.44. The number of aromatic nitrogens is 2. The molecule has 0 atom stereocenters. The van der Waals surface area contributed by atoms with Crippen LogP contribution in [0, 0.1) is 0 Å². The monoisotopic (exact) mass is 504 g/mol. The summed E-state index contributed by atoms with van der Waals surface area (Å²) < 4.78 is 0. The van der Waals surface area contributed by atoms with Crippen LogP contribution >= 0.6 is 23.2 Å². The van der Waals surface area contributed by atoms with Crippen LogP contribution in [0.25, 0.3) is 11.3 Å². The molecule has 35 heavy (non-hydrogen) atoms. The third-order valence-electron chi connectivity index (χ3n) is 6.10. The Morgan fingerprint density at radius 1 is 0.771 bits per heavy atom. The first-order valence-electron chi connectivity index (χ1n) is 11.5. The van der Waals surface area contributed by atoms with Crippen molar-refractivity contribution in [2.45, 2.75) is 0 Å². The summed E-state index contributed by atoms with van der Waals surface area (Å²) in [4.78, 5) is 13.7. The maximum atomic E-state index is 6.37. The minimum absolute atomic E-state index is 0.553. The predicted molar refractivity (Wildman–Crippen MR) is 147 cm³/mol. The number of nitrogens with zero attached hydrogens (tertiary/aromatic N) is 4. The van der Waals surface area contributed by atoms with Crippen molar-refractivity contribution in [3.8, 4) is 11.3 Å². The van der Waals surface area contributed by atoms with Gasteiger partial charge >= 0.3 is 0 Å². The van der Waals surface area contributed by atoms with Gasteiger partial charge in [0.15, 0.2) is 0 Å². The van der Waals surface area contributed by atoms with Crippen LogP contribution in [0.1, 0.15) is 0 Å². The molecule has 1 saturated heterocycles. The summed E-state index contributed by atoms with van der Waals surface area (Å²) in [7, 11) is 2.17. The van der Waals surface area contributed by atoms with Gasteiger partial charge in [-0.15, -0.1) is 0 Å². The Labute approximate surface area is 215 Å². The molecule has 8 heteroatoms. The van der Waals surface area contributed by atoms with Gasteiger partial charge in [0.2, 0.25) is 0 Å². The predicted octanol–water partition coefficient (Wildman–Crippen LogP) is 6.69. The van der Waals surface area contributed by atoms with Crippen LogP contribution in [0.3, 0.4) is 0 Å². The molecular weight excluding hydrogens is 479 g/mol. The smallest absolute Gasteiger partial charge is 0.134 e. The minimum Gasteiger partial charge on any atom is -0.369 e. The maximum Gasteiger partial charge on any atom is 0.134 e. The third-order valence-corrected chi connectivity index (χ3v) is 6.73. The molecule has 1 aliphatic heterocycles. The first kappa shape index (κ1) is 23.4. The molecule has 4 aromatic rings. The highest BCUT2D eigenvalue weighted by atomic mass is 35.5. The van der Waals surface area contributed by atoms with Gasteiger partial charge in [0, 0.05) is 54.9 Å². The fourth-order valence-electron chi connectivity index (χ4n) is 4.11. The van der Waals surface area contributed by atoms with Crippen LogP contribution in [0.15, 0.2) is 79.1 Å². The average molecular weight is 505 g/mol. The molecule has 1 aromatic heterocycles. The average Bonchev–Trinajstić information content (AvgIpc) is 2.88. The van der Waals surface area contributed by atoms with Crippen molar-refractivity contribution >= 4 is 51.8 Å². The minimum atomic E-state index is 0.553. The fraction of sp³-hybridized carbons (Fsp3) is 0.185. The van der Waals surface area contributed by atoms with E-state index in [9.17, 15) is 0 Å². The molecule has 0 radical (unpaired) electrons. The SMILES string of the molecule is CN1CCN(c2ccc(Nc3cc(-c4ccccc4Nc4c(Cl)cccc4Cl)ncn3)cc2)CC1. The Bertz CT molecular complexity index is 1280. The molecule has 0 bridgehead atoms. The molecule has 0 unspecified atom stereocenters. The Morgan fingerprint density at radius 3 is 2.23 bits per heavy atom. The van der Waals surface area contributed by atoms with Crippen molar-refractivity contribution in [1.82, 2.24) is 14.9 Å². The van der Waals surface area contributed by atoms with E-state index in [0.717, 1.165) is 48.8 Å². The quantitative estimate of drug-likeness (QED) is 0.305. The highest BCUT2D eigenvalue weighted by molar-refractivity contribution is 6.39. The van der Waals surface area contributed by atoms with E-state index in [1.165, 1.54) is 5.69 Å². The summed E-state index contributed by atoms with van der Waals surface area (Å²) in [6.07, 6.45) is 1.57. The maximum absolute atomic E-state index is 6.37. The number of halogens is 2. The molecule has 0 amide bonds. The first-order chi connectivity index (χ1) is 17.1. The van der Waals surface area contributed by atoms with E-state index in [4.69, 9.17) is 23.2 Å². The lowest BCUT2D eigenvalue weighted by atomic mass is 10.1. The zero-order valence-electron chi connectivity index (χ0n) is 19.4. The highest BCUT2D eigenvalue weighted by Gasteiger charge is 2.14. The molecule has 3 aromatic carbocycles. The number of hydrogen-bond donors (Lipinski definition) is 2. The van der Waals surface area contributed by atoms with E-state index in [2.05, 4.69) is 61.7 Å². The lowest BCUT2D eigenvalue weighted by molar-refractivity contribution is 0.313. The van der Waals surface area contributed by atoms with Crippen molar-refractivity contribution in [1.29, 1.82) is 0 Å². The second-order valence-electron chi connectivity index (χ2n) is 8.52. The van der Waals surface area contributed by atoms with Crippen LogP contribution in [-0.4, -0.2) is 48.1 Å². The van der Waals surface area contributed by atoms with Crippen molar-refractivity contribution in [3.63, 3.8) is 0 Å². The molecule has 178 valence electrons. The van der Waals surface area contributed by atoms with E-state index in [0.29, 0.717) is 21.6 Å². The summed E-state index contributed by atoms with van der Waals surface area (Å²) >= 11 is 12.7. The number of para-hydroxylation sites is 2. The summed E-state index contributed by atoms with van der Waals surface area (Å²) in [6.45, 7) is 4.27. The zero-order valence-corrected chi connectivity index (χ0v) is 20.9. The number of piperazine rings is 1. The largest absolute Gasteiger partial charge is 0.369 e. The summed E-state index contributed by atoms with van der Waals surface area (Å²) in [5.74, 6) is 0.716. The first-order valence-corrected chi connectivity index (χ1v) is 12.3. The molecule has 2 heterocycles. The normalized spacial score (nSPS) is 14.1. The molecule has 1 aliphatic rings. The van der Waals surface area contributed by atoms with E-state index in [1.807, 2.05) is 36.4 Å². The highest BCUT2D eigenvalue weighted by Crippen LogP contribution is 2.36. The van der Waals surface area contributed by atoms with Crippen LogP contribution in [0.5, 0.6) is 0 Å². The van der Waals surface area contributed by atoms with Gasteiger partial charge in [-0.3, -0.25) is 0 Å². The summed E-state index contributed by atoms with van der Waals surface area (Å²) in [6, 6.07) is 23.8. The Hall–Kier alpha value is -3.32. The van der Waals surface area contributed by atoms with Gasteiger partial charge in [0.1, 0.15) is 12.1 Å². The lowest BCUT2D eigenvalue weighted by Gasteiger charge is -2.34. The van der Waals surface area contributed by atoms with Gasteiger partial charge in [0.05, 0.1) is 21.4 Å². The van der Waals surface area contributed by atoms with Gasteiger partial charge < -0.3 is 20.4 Å². The standard InChI is InChI=1S/C27H26Cl2N6/c1-34-13-15-35(16-14-34)20-11-9-19(10-12-20)32-26-17-25(30-18-31-26)21-5-2-3-8-24(21)33-27-22(28)6-4-7-23(27)29/h2-12,17-18,33H,13-16H2,1H3,(H,30,31,32). The van der Waals surface area contributed by atoms with E-state index < -0.39 is 0 Å². The molecule has 2 N–H and O–H groups in total. The number of rotatable bonds is 6. The van der Waals surface area contributed by atoms with Crippen LogP contribution in [-0.2, 0) is 0 Å². The molecular formula is C27H26Cl2N6. The molecule has 5 rings (SSSR count). The molecule has 6 nitrogen and oxygen atoms in total. The third kappa shape index (κ3) is 5.51. The molecule has 0 aliphatic carbocycles. The number of hydrogen-bond acceptors (Lipinski definition) is 6. The van der Waals surface area contributed by atoms with Crippen LogP contribution in [0.4, 0.5) is 28.6 Å². The molecule has 1 fully saturated rings. The number of benzene rings is 3. The Morgan fingerprint density at radius 2 is 1.49 bits per heavy atom. The van der Waals surface area contributed by atoms with E-state index >= 15 is 0 Å². The van der Waals surface area contributed by atoms with Crippen molar-refractivity contribution in [2.75, 3.05) is 48.8 Å². The van der Waals surface area contributed by atoms with Gasteiger partial charge in [-0.05, 0) is 49.5 Å². The summed E-state index contributed by atoms with van der Waals surface area (Å²) in [5, 5.41) is 7.87. The van der Waals surface area contributed by atoms with E-state index in [-0.39, 0.29) is 0 Å². The topological polar surface area (TPSA) is 56.3 Å². The van der Waals surface area contributed by atoms with Gasteiger partial charge in [0.25, 0.3) is 0 Å². The van der Waals surface area contributed by atoms with Gasteiger partial charge in [-0.2, -0.15) is 0 Å². The zero-order chi connectivity index (χ0) is 24.2. The summed E-state index contributed by atoms with van der Waals surface area (Å²) in [5.41, 5.74) is 5.43. The molecule has 0 saturated carbocycles. The number of nitrogens with one attached hydrogen (secondary N) is 2. The van der Waals surface area contributed by atoms with Gasteiger partial charge in [-0.1, -0.05) is 47.5 Å². The fourth-order valence-corrected chi connectivity index (χ4v) is 4.60. The molecule has 0 spiro atoms.